The van der Waals surface area contributed by atoms with E-state index in [-0.39, 0.29) is 0 Å². The summed E-state index contributed by atoms with van der Waals surface area (Å²) in [6.45, 7) is 10.4. The van der Waals surface area contributed by atoms with Crippen molar-refractivity contribution in [1.29, 1.82) is 0 Å². The second-order valence-electron chi connectivity index (χ2n) is 4.41. The van der Waals surface area contributed by atoms with E-state index in [0.717, 1.165) is 24.5 Å². The number of allylic oxidation sites excluding steroid dienone is 5. The molecular formula is C14H21F3. The third-order valence-electron chi connectivity index (χ3n) is 2.65. The Labute approximate surface area is 102 Å². The monoisotopic (exact) mass is 246 g/mol. The zero-order valence-corrected chi connectivity index (χ0v) is 11.0. The van der Waals surface area contributed by atoms with E-state index in [2.05, 4.69) is 6.58 Å². The molecule has 0 fully saturated rings. The molecule has 0 amide bonds. The van der Waals surface area contributed by atoms with Crippen LogP contribution in [0.1, 0.15) is 47.0 Å². The highest BCUT2D eigenvalue weighted by atomic mass is 19.4. The van der Waals surface area contributed by atoms with Gasteiger partial charge in [-0.15, -0.1) is 0 Å². The molecule has 0 saturated carbocycles. The molecule has 0 rings (SSSR count). The van der Waals surface area contributed by atoms with E-state index in [1.807, 2.05) is 6.92 Å². The Morgan fingerprint density at radius 1 is 1.18 bits per heavy atom. The molecule has 0 spiro atoms. The van der Waals surface area contributed by atoms with Gasteiger partial charge in [0.05, 0.1) is 5.57 Å². The highest BCUT2D eigenvalue weighted by Gasteiger charge is 2.34. The third-order valence-corrected chi connectivity index (χ3v) is 2.65. The predicted molar refractivity (Wildman–Crippen MR) is 66.9 cm³/mol. The lowest BCUT2D eigenvalue weighted by atomic mass is 9.97. The van der Waals surface area contributed by atoms with Crippen LogP contribution in [0.2, 0.25) is 0 Å². The fourth-order valence-electron chi connectivity index (χ4n) is 1.51. The Hall–Kier alpha value is -0.990. The van der Waals surface area contributed by atoms with Crippen LogP contribution in [0.25, 0.3) is 0 Å². The molecule has 0 nitrogen and oxygen atoms in total. The zero-order valence-electron chi connectivity index (χ0n) is 11.0. The molecule has 0 aromatic heterocycles. The van der Waals surface area contributed by atoms with E-state index in [9.17, 15) is 13.2 Å². The van der Waals surface area contributed by atoms with E-state index < -0.39 is 11.7 Å². The average molecular weight is 246 g/mol. The molecule has 0 aliphatic rings. The smallest absolute Gasteiger partial charge is 0.166 e. The van der Waals surface area contributed by atoms with Gasteiger partial charge < -0.3 is 0 Å². The summed E-state index contributed by atoms with van der Waals surface area (Å²) in [5.41, 5.74) is 0.976. The van der Waals surface area contributed by atoms with Gasteiger partial charge in [-0.1, -0.05) is 31.1 Å². The Balaban J connectivity index is 5.27. The quantitative estimate of drug-likeness (QED) is 0.556. The molecule has 98 valence electrons. The molecule has 0 radical (unpaired) electrons. The molecule has 0 unspecified atom stereocenters. The summed E-state index contributed by atoms with van der Waals surface area (Å²) in [6.07, 6.45) is -0.579. The number of alkyl halides is 3. The molecular weight excluding hydrogens is 225 g/mol. The number of unbranched alkanes of at least 4 members (excludes halogenated alkanes) is 1. The van der Waals surface area contributed by atoms with Crippen LogP contribution in [0.15, 0.2) is 34.9 Å². The minimum absolute atomic E-state index is 0.328. The van der Waals surface area contributed by atoms with E-state index in [0.29, 0.717) is 17.6 Å². The van der Waals surface area contributed by atoms with Gasteiger partial charge >= 0.3 is 6.18 Å². The third kappa shape index (κ3) is 5.76. The van der Waals surface area contributed by atoms with E-state index in [1.54, 1.807) is 13.8 Å². The van der Waals surface area contributed by atoms with Gasteiger partial charge in [0.25, 0.3) is 0 Å². The van der Waals surface area contributed by atoms with Crippen molar-refractivity contribution in [3.05, 3.63) is 34.9 Å². The van der Waals surface area contributed by atoms with Crippen LogP contribution in [0.3, 0.4) is 0 Å². The van der Waals surface area contributed by atoms with Gasteiger partial charge in [0.2, 0.25) is 0 Å². The molecule has 0 saturated heterocycles. The van der Waals surface area contributed by atoms with Crippen molar-refractivity contribution in [1.82, 2.24) is 0 Å². The fourth-order valence-corrected chi connectivity index (χ4v) is 1.51. The van der Waals surface area contributed by atoms with E-state index >= 15 is 0 Å². The molecule has 3 heteroatoms. The summed E-state index contributed by atoms with van der Waals surface area (Å²) in [7, 11) is 0. The van der Waals surface area contributed by atoms with Crippen LogP contribution in [0.5, 0.6) is 0 Å². The summed E-state index contributed by atoms with van der Waals surface area (Å²) in [4.78, 5) is 0. The number of hydrogen-bond acceptors (Lipinski definition) is 0. The van der Waals surface area contributed by atoms with Gasteiger partial charge in [-0.25, -0.2) is 0 Å². The summed E-state index contributed by atoms with van der Waals surface area (Å²) in [6, 6.07) is 0. The van der Waals surface area contributed by atoms with Gasteiger partial charge in [-0.2, -0.15) is 13.2 Å². The summed E-state index contributed by atoms with van der Waals surface area (Å²) in [5, 5.41) is 0. The van der Waals surface area contributed by atoms with Crippen molar-refractivity contribution in [2.24, 2.45) is 0 Å². The first-order valence-corrected chi connectivity index (χ1v) is 5.81. The van der Waals surface area contributed by atoms with Crippen molar-refractivity contribution in [2.75, 3.05) is 0 Å². The lowest BCUT2D eigenvalue weighted by molar-refractivity contribution is -0.0894. The standard InChI is InChI=1S/C14H21F3/c1-6-7-8-11(4)12(5)13(9-10(2)3)14(15,16)17/h9H,2,6-8H2,1,3-5H3/b12-11-,13-9+. The van der Waals surface area contributed by atoms with Gasteiger partial charge in [-0.3, -0.25) is 0 Å². The van der Waals surface area contributed by atoms with E-state index in [1.165, 1.54) is 6.92 Å². The molecule has 0 heterocycles. The first-order chi connectivity index (χ1) is 7.70. The van der Waals surface area contributed by atoms with Crippen LogP contribution in [0.4, 0.5) is 13.2 Å². The van der Waals surface area contributed by atoms with Gasteiger partial charge in [0.15, 0.2) is 0 Å². The number of rotatable bonds is 5. The lowest BCUT2D eigenvalue weighted by Crippen LogP contribution is -2.14. The topological polar surface area (TPSA) is 0 Å². The lowest BCUT2D eigenvalue weighted by Gasteiger charge is -2.15. The van der Waals surface area contributed by atoms with Crippen LogP contribution in [-0.2, 0) is 0 Å². The normalized spacial score (nSPS) is 14.6. The second-order valence-corrected chi connectivity index (χ2v) is 4.41. The fraction of sp³-hybridized carbons (Fsp3) is 0.571. The molecule has 0 aromatic carbocycles. The second kappa shape index (κ2) is 6.67. The van der Waals surface area contributed by atoms with E-state index in [4.69, 9.17) is 0 Å². The molecule has 0 atom stereocenters. The van der Waals surface area contributed by atoms with Crippen molar-refractivity contribution in [2.45, 2.75) is 53.1 Å². The van der Waals surface area contributed by atoms with Crippen molar-refractivity contribution in [3.8, 4) is 0 Å². The van der Waals surface area contributed by atoms with Crippen LogP contribution in [-0.4, -0.2) is 6.18 Å². The molecule has 17 heavy (non-hydrogen) atoms. The molecule has 0 aromatic rings. The van der Waals surface area contributed by atoms with Crippen molar-refractivity contribution in [3.63, 3.8) is 0 Å². The van der Waals surface area contributed by atoms with Crippen LogP contribution >= 0.6 is 0 Å². The van der Waals surface area contributed by atoms with Gasteiger partial charge in [0.1, 0.15) is 0 Å². The van der Waals surface area contributed by atoms with Crippen molar-refractivity contribution >= 4 is 0 Å². The van der Waals surface area contributed by atoms with Gasteiger partial charge in [0, 0.05) is 0 Å². The largest absolute Gasteiger partial charge is 0.416 e. The predicted octanol–water partition coefficient (Wildman–Crippen LogP) is 5.58. The molecule has 0 bridgehead atoms. The highest BCUT2D eigenvalue weighted by molar-refractivity contribution is 5.40. The maximum Gasteiger partial charge on any atom is 0.416 e. The first kappa shape index (κ1) is 16.0. The average Bonchev–Trinajstić information content (AvgIpc) is 2.19. The Kier molecular flexibility index (Phi) is 6.29. The molecule has 0 aliphatic carbocycles. The maximum atomic E-state index is 12.9. The minimum Gasteiger partial charge on any atom is -0.166 e. The van der Waals surface area contributed by atoms with Gasteiger partial charge in [-0.05, 0) is 45.3 Å². The molecule has 0 aliphatic heterocycles. The minimum atomic E-state index is -4.31. The van der Waals surface area contributed by atoms with Crippen molar-refractivity contribution < 1.29 is 13.2 Å². The van der Waals surface area contributed by atoms with Crippen LogP contribution < -0.4 is 0 Å². The summed E-state index contributed by atoms with van der Waals surface area (Å²) < 4.78 is 38.6. The zero-order chi connectivity index (χ0) is 13.6. The first-order valence-electron chi connectivity index (χ1n) is 5.81. The maximum absolute atomic E-state index is 12.9. The Morgan fingerprint density at radius 3 is 2.06 bits per heavy atom. The Morgan fingerprint density at radius 2 is 1.71 bits per heavy atom. The number of hydrogen-bond donors (Lipinski definition) is 0. The molecule has 0 N–H and O–H groups in total. The summed E-state index contributed by atoms with van der Waals surface area (Å²) >= 11 is 0. The Bertz CT molecular complexity index is 330. The van der Waals surface area contributed by atoms with Crippen LogP contribution in [0, 0.1) is 0 Å². The summed E-state index contributed by atoms with van der Waals surface area (Å²) in [5.74, 6) is 0. The SMILES string of the molecule is C=C(C)/C=C(\C(C)=C(\C)CCCC)C(F)(F)F. The number of halogens is 3. The highest BCUT2D eigenvalue weighted by Crippen LogP contribution is 2.34.